The van der Waals surface area contributed by atoms with Crippen LogP contribution in [0.5, 0.6) is 0 Å². The van der Waals surface area contributed by atoms with Crippen LogP contribution in [0.4, 0.5) is 34.1 Å². The lowest BCUT2D eigenvalue weighted by molar-refractivity contribution is 1.59. The summed E-state index contributed by atoms with van der Waals surface area (Å²) in [4.78, 5) is 0. The van der Waals surface area contributed by atoms with Gasteiger partial charge >= 0.3 is 0 Å². The smallest absolute Gasteiger partial charge is 0.268 e. The maximum Gasteiger partial charge on any atom is 0.268 e. The first kappa shape index (κ1) is 23.2. The van der Waals surface area contributed by atoms with Gasteiger partial charge in [0.1, 0.15) is 0 Å². The summed E-state index contributed by atoms with van der Waals surface area (Å²) >= 11 is 0. The molecule has 6 aromatic carbocycles. The molecule has 3 spiro atoms. The van der Waals surface area contributed by atoms with Crippen LogP contribution in [0.15, 0.2) is 123 Å². The van der Waals surface area contributed by atoms with Crippen LogP contribution in [0.25, 0.3) is 32.3 Å². The van der Waals surface area contributed by atoms with Crippen LogP contribution in [0, 0.1) is 0 Å². The fraction of sp³-hybridized carbons (Fsp3) is 0. The molecule has 0 radical (unpaired) electrons. The standard InChI is InChI=1S/C30H24N9P3/c1-2-8-20-14-26-25(13-19(20)7-1)31-40(32-26)37-41(33-27-15-21-9-3-4-10-22(21)16-28(27)34-41)39-42(38-40)35-29-17-23-11-5-6-12-24(23)18-30(29)36-42/h1-18,31-36H. The molecule has 9 nitrogen and oxygen atoms in total. The van der Waals surface area contributed by atoms with E-state index in [9.17, 15) is 0 Å². The number of anilines is 6. The van der Waals surface area contributed by atoms with Crippen molar-refractivity contribution in [3.63, 3.8) is 0 Å². The van der Waals surface area contributed by atoms with Crippen molar-refractivity contribution in [2.75, 3.05) is 30.5 Å². The lowest BCUT2D eigenvalue weighted by atomic mass is 10.1. The van der Waals surface area contributed by atoms with Crippen molar-refractivity contribution >= 4 is 89.0 Å². The quantitative estimate of drug-likeness (QED) is 0.0964. The van der Waals surface area contributed by atoms with E-state index in [2.05, 4.69) is 140 Å². The lowest BCUT2D eigenvalue weighted by Crippen LogP contribution is -2.07. The molecule has 0 saturated heterocycles. The molecule has 6 N–H and O–H groups in total. The molecule has 0 amide bonds. The normalized spacial score (nSPS) is 18.9. The average molecular weight is 604 g/mol. The van der Waals surface area contributed by atoms with Gasteiger partial charge in [-0.15, -0.1) is 0 Å². The van der Waals surface area contributed by atoms with Crippen molar-refractivity contribution in [1.82, 2.24) is 0 Å². The Balaban J connectivity index is 1.18. The number of nitrogens with zero attached hydrogens (tertiary/aromatic N) is 3. The fourth-order valence-corrected chi connectivity index (χ4v) is 17.6. The Morgan fingerprint density at radius 2 is 0.500 bits per heavy atom. The molecule has 0 aromatic heterocycles. The zero-order chi connectivity index (χ0) is 27.5. The van der Waals surface area contributed by atoms with Gasteiger partial charge in [-0.3, -0.25) is 0 Å². The largest absolute Gasteiger partial charge is 0.317 e. The molecule has 10 rings (SSSR count). The Morgan fingerprint density at radius 1 is 0.310 bits per heavy atom. The van der Waals surface area contributed by atoms with Crippen LogP contribution < -0.4 is 30.5 Å². The van der Waals surface area contributed by atoms with Gasteiger partial charge in [0.25, 0.3) is 22.5 Å². The second-order valence-corrected chi connectivity index (χ2v) is 18.1. The summed E-state index contributed by atoms with van der Waals surface area (Å²) in [7, 11) is -8.10. The summed E-state index contributed by atoms with van der Waals surface area (Å²) in [5.74, 6) is 0. The minimum absolute atomic E-state index is 1.01. The van der Waals surface area contributed by atoms with E-state index < -0.39 is 22.5 Å². The first-order valence-electron chi connectivity index (χ1n) is 13.7. The van der Waals surface area contributed by atoms with E-state index in [1.165, 1.54) is 32.3 Å². The van der Waals surface area contributed by atoms with E-state index >= 15 is 0 Å². The highest BCUT2D eigenvalue weighted by Gasteiger charge is 2.45. The molecule has 4 heterocycles. The van der Waals surface area contributed by atoms with Crippen LogP contribution >= 0.6 is 22.5 Å². The van der Waals surface area contributed by atoms with Crippen molar-refractivity contribution in [2.24, 2.45) is 13.5 Å². The molecule has 0 bridgehead atoms. The van der Waals surface area contributed by atoms with Crippen molar-refractivity contribution in [3.8, 4) is 0 Å². The van der Waals surface area contributed by atoms with Crippen molar-refractivity contribution in [2.45, 2.75) is 0 Å². The molecule has 12 heteroatoms. The number of hydrogen-bond donors (Lipinski definition) is 6. The summed E-state index contributed by atoms with van der Waals surface area (Å²) in [6.45, 7) is 0. The van der Waals surface area contributed by atoms with Gasteiger partial charge in [0.15, 0.2) is 0 Å². The van der Waals surface area contributed by atoms with Crippen molar-refractivity contribution in [1.29, 1.82) is 0 Å². The Morgan fingerprint density at radius 3 is 0.690 bits per heavy atom. The Labute approximate surface area is 241 Å². The van der Waals surface area contributed by atoms with Gasteiger partial charge in [0, 0.05) is 0 Å². The third kappa shape index (κ3) is 3.36. The van der Waals surface area contributed by atoms with Crippen LogP contribution in [-0.2, 0) is 0 Å². The molecule has 0 atom stereocenters. The maximum absolute atomic E-state index is 5.48. The second kappa shape index (κ2) is 7.90. The third-order valence-electron chi connectivity index (χ3n) is 8.09. The molecular formula is C30H24N9P3. The Hall–Kier alpha value is -4.41. The SMILES string of the molecule is c1ccc2cc3c(cc2c1)NP1(=NP2(=NP4(=N1)Nc1cc5ccccc5cc1N4)Nc1cc4ccccc4cc1N2)N3. The van der Waals surface area contributed by atoms with Crippen LogP contribution in [0.1, 0.15) is 0 Å². The number of benzene rings is 6. The van der Waals surface area contributed by atoms with Crippen molar-refractivity contribution in [3.05, 3.63) is 109 Å². The fourth-order valence-electron chi connectivity index (χ4n) is 6.25. The monoisotopic (exact) mass is 603 g/mol. The molecular weight excluding hydrogens is 579 g/mol. The van der Waals surface area contributed by atoms with Gasteiger partial charge in [0.2, 0.25) is 0 Å². The van der Waals surface area contributed by atoms with Crippen LogP contribution in [0.3, 0.4) is 0 Å². The number of fused-ring (bicyclic) bond motifs is 6. The minimum Gasteiger partial charge on any atom is -0.317 e. The summed E-state index contributed by atoms with van der Waals surface area (Å²) in [6.07, 6.45) is 0. The molecule has 0 aliphatic carbocycles. The Kier molecular flexibility index (Phi) is 4.36. The first-order chi connectivity index (χ1) is 20.5. The summed E-state index contributed by atoms with van der Waals surface area (Å²) in [5.41, 5.74) is 6.07. The Bertz CT molecular complexity index is 1960. The van der Waals surface area contributed by atoms with E-state index in [1.807, 2.05) is 0 Å². The van der Waals surface area contributed by atoms with Gasteiger partial charge < -0.3 is 30.5 Å². The predicted molar refractivity (Wildman–Crippen MR) is 182 cm³/mol. The molecule has 6 aromatic rings. The average Bonchev–Trinajstić information content (AvgIpc) is 3.60. The van der Waals surface area contributed by atoms with Crippen LogP contribution in [-0.4, -0.2) is 0 Å². The summed E-state index contributed by atoms with van der Waals surface area (Å²) < 4.78 is 16.5. The zero-order valence-corrected chi connectivity index (χ0v) is 24.8. The highest BCUT2D eigenvalue weighted by molar-refractivity contribution is 7.90. The second-order valence-electron chi connectivity index (χ2n) is 11.0. The molecule has 0 fully saturated rings. The van der Waals surface area contributed by atoms with E-state index in [4.69, 9.17) is 13.5 Å². The number of hydrogen-bond acceptors (Lipinski definition) is 9. The van der Waals surface area contributed by atoms with Crippen molar-refractivity contribution < 1.29 is 0 Å². The molecule has 42 heavy (non-hydrogen) atoms. The lowest BCUT2D eigenvalue weighted by Gasteiger charge is -2.31. The summed E-state index contributed by atoms with van der Waals surface area (Å²) in [6, 6.07) is 38.4. The predicted octanol–water partition coefficient (Wildman–Crippen LogP) is 10.9. The highest BCUT2D eigenvalue weighted by atomic mass is 31.3. The minimum atomic E-state index is -2.70. The van der Waals surface area contributed by atoms with Gasteiger partial charge in [-0.05, 0) is 68.7 Å². The van der Waals surface area contributed by atoms with E-state index in [-0.39, 0.29) is 0 Å². The van der Waals surface area contributed by atoms with E-state index in [0.717, 1.165) is 34.1 Å². The molecule has 204 valence electrons. The van der Waals surface area contributed by atoms with Gasteiger partial charge in [-0.2, -0.15) is 13.5 Å². The number of rotatable bonds is 0. The first-order valence-corrected chi connectivity index (χ1v) is 18.8. The maximum atomic E-state index is 5.48. The third-order valence-corrected chi connectivity index (χ3v) is 17.6. The van der Waals surface area contributed by atoms with Gasteiger partial charge in [-0.25, -0.2) is 0 Å². The van der Waals surface area contributed by atoms with Gasteiger partial charge in [0.05, 0.1) is 34.1 Å². The van der Waals surface area contributed by atoms with Crippen LogP contribution in [0.2, 0.25) is 0 Å². The van der Waals surface area contributed by atoms with E-state index in [0.29, 0.717) is 0 Å². The summed E-state index contributed by atoms with van der Waals surface area (Å²) in [5, 5.41) is 29.6. The molecule has 0 unspecified atom stereocenters. The molecule has 4 aliphatic rings. The number of nitrogens with one attached hydrogen (secondary N) is 6. The topological polar surface area (TPSA) is 109 Å². The molecule has 4 aliphatic heterocycles. The zero-order valence-electron chi connectivity index (χ0n) is 22.1. The van der Waals surface area contributed by atoms with E-state index in [1.54, 1.807) is 0 Å². The molecule has 0 saturated carbocycles. The highest BCUT2D eigenvalue weighted by Crippen LogP contribution is 2.80. The van der Waals surface area contributed by atoms with Gasteiger partial charge in [-0.1, -0.05) is 72.8 Å².